The van der Waals surface area contributed by atoms with Gasteiger partial charge in [0.2, 0.25) is 17.8 Å². The molecule has 2 N–H and O–H groups in total. The van der Waals surface area contributed by atoms with Crippen molar-refractivity contribution in [2.75, 3.05) is 28.6 Å². The molecule has 1 aliphatic heterocycles. The van der Waals surface area contributed by atoms with Crippen LogP contribution in [-0.2, 0) is 4.79 Å². The van der Waals surface area contributed by atoms with Crippen molar-refractivity contribution in [3.63, 3.8) is 0 Å². The molecule has 0 fully saturated rings. The monoisotopic (exact) mass is 434 g/mol. The van der Waals surface area contributed by atoms with Crippen molar-refractivity contribution in [2.24, 2.45) is 0 Å². The highest BCUT2D eigenvalue weighted by Crippen LogP contribution is 2.30. The number of nitrogens with zero attached hydrogens (tertiary/aromatic N) is 4. The van der Waals surface area contributed by atoms with Crippen molar-refractivity contribution >= 4 is 46.4 Å². The molecule has 0 spiro atoms. The first-order valence-corrected chi connectivity index (χ1v) is 10.4. The summed E-state index contributed by atoms with van der Waals surface area (Å²) in [7, 11) is 0. The lowest BCUT2D eigenvalue weighted by atomic mass is 9.99. The summed E-state index contributed by atoms with van der Waals surface area (Å²) in [5.74, 6) is 0.952. The number of halogens is 1. The van der Waals surface area contributed by atoms with Crippen LogP contribution in [-0.4, -0.2) is 33.9 Å². The van der Waals surface area contributed by atoms with Gasteiger partial charge in [-0.1, -0.05) is 41.9 Å². The minimum atomic E-state index is -0.114. The summed E-state index contributed by atoms with van der Waals surface area (Å²) in [6.45, 7) is 4.90. The van der Waals surface area contributed by atoms with Crippen molar-refractivity contribution in [1.29, 1.82) is 0 Å². The Morgan fingerprint density at radius 3 is 2.65 bits per heavy atom. The van der Waals surface area contributed by atoms with E-state index in [2.05, 4.69) is 36.6 Å². The maximum absolute atomic E-state index is 11.4. The molecule has 1 aliphatic rings. The second-order valence-corrected chi connectivity index (χ2v) is 7.71. The number of amides is 1. The van der Waals surface area contributed by atoms with Crippen LogP contribution in [0, 0.1) is 6.92 Å². The Kier molecular flexibility index (Phi) is 6.13. The van der Waals surface area contributed by atoms with Gasteiger partial charge in [-0.3, -0.25) is 4.79 Å². The van der Waals surface area contributed by atoms with E-state index in [4.69, 9.17) is 11.6 Å². The third-order valence-electron chi connectivity index (χ3n) is 5.16. The Labute approximate surface area is 186 Å². The molecule has 4 rings (SSSR count). The summed E-state index contributed by atoms with van der Waals surface area (Å²) >= 11 is 6.34. The smallest absolute Gasteiger partial charge is 0.232 e. The van der Waals surface area contributed by atoms with Gasteiger partial charge in [0.15, 0.2) is 0 Å². The molecule has 0 saturated carbocycles. The van der Waals surface area contributed by atoms with E-state index >= 15 is 0 Å². The minimum absolute atomic E-state index is 0.114. The van der Waals surface area contributed by atoms with Crippen LogP contribution in [0.5, 0.6) is 0 Å². The molecule has 31 heavy (non-hydrogen) atoms. The van der Waals surface area contributed by atoms with Gasteiger partial charge in [0.1, 0.15) is 6.33 Å². The standard InChI is InChI=1S/C23H23ClN6O/c1-15-20(27-16(2)31)8-5-9-21(15)28-22-25-14-26-23(29-22)30-12-10-17(11-13-30)18-6-3-4-7-19(18)24/h3-10,14H,11-13H2,1-2H3,(H,27,31)(H,25,26,28,29). The normalized spacial score (nSPS) is 13.5. The maximum Gasteiger partial charge on any atom is 0.232 e. The molecular formula is C23H23ClN6O. The highest BCUT2D eigenvalue weighted by molar-refractivity contribution is 6.32. The summed E-state index contributed by atoms with van der Waals surface area (Å²) in [6, 6.07) is 13.5. The van der Waals surface area contributed by atoms with E-state index in [1.807, 2.05) is 49.4 Å². The number of hydrogen-bond donors (Lipinski definition) is 2. The van der Waals surface area contributed by atoms with Gasteiger partial charge in [0.25, 0.3) is 0 Å². The van der Waals surface area contributed by atoms with Crippen molar-refractivity contribution in [3.8, 4) is 0 Å². The molecule has 0 unspecified atom stereocenters. The fraction of sp³-hybridized carbons (Fsp3) is 0.217. The Hall–Kier alpha value is -3.45. The number of benzene rings is 2. The van der Waals surface area contributed by atoms with Crippen molar-refractivity contribution in [3.05, 3.63) is 71.0 Å². The third kappa shape index (κ3) is 4.83. The molecule has 1 aromatic heterocycles. The third-order valence-corrected chi connectivity index (χ3v) is 5.49. The molecule has 8 heteroatoms. The molecule has 2 aromatic carbocycles. The number of carbonyl (C=O) groups excluding carboxylic acids is 1. The van der Waals surface area contributed by atoms with Gasteiger partial charge in [-0.25, -0.2) is 9.97 Å². The Morgan fingerprint density at radius 2 is 1.90 bits per heavy atom. The highest BCUT2D eigenvalue weighted by atomic mass is 35.5. The van der Waals surface area contributed by atoms with E-state index in [0.29, 0.717) is 18.4 Å². The second kappa shape index (κ2) is 9.14. The predicted molar refractivity (Wildman–Crippen MR) is 125 cm³/mol. The highest BCUT2D eigenvalue weighted by Gasteiger charge is 2.17. The van der Waals surface area contributed by atoms with Crippen LogP contribution in [0.1, 0.15) is 24.5 Å². The van der Waals surface area contributed by atoms with Gasteiger partial charge in [-0.15, -0.1) is 0 Å². The average Bonchev–Trinajstić information content (AvgIpc) is 2.77. The van der Waals surface area contributed by atoms with E-state index in [1.165, 1.54) is 18.8 Å². The Morgan fingerprint density at radius 1 is 1.10 bits per heavy atom. The first-order valence-electron chi connectivity index (χ1n) is 10.0. The number of hydrogen-bond acceptors (Lipinski definition) is 6. The number of nitrogens with one attached hydrogen (secondary N) is 2. The van der Waals surface area contributed by atoms with E-state index in [1.54, 1.807) is 0 Å². The zero-order valence-electron chi connectivity index (χ0n) is 17.4. The van der Waals surface area contributed by atoms with Crippen molar-refractivity contribution in [1.82, 2.24) is 15.0 Å². The van der Waals surface area contributed by atoms with Gasteiger partial charge in [0, 0.05) is 36.4 Å². The number of anilines is 4. The number of rotatable bonds is 5. The van der Waals surface area contributed by atoms with Gasteiger partial charge in [-0.05, 0) is 48.2 Å². The molecule has 0 atom stereocenters. The largest absolute Gasteiger partial charge is 0.337 e. The summed E-state index contributed by atoms with van der Waals surface area (Å²) in [5.41, 5.74) is 4.80. The summed E-state index contributed by atoms with van der Waals surface area (Å²) in [5, 5.41) is 6.83. The predicted octanol–water partition coefficient (Wildman–Crippen LogP) is 4.83. The van der Waals surface area contributed by atoms with Crippen LogP contribution in [0.25, 0.3) is 5.57 Å². The second-order valence-electron chi connectivity index (χ2n) is 7.30. The van der Waals surface area contributed by atoms with Crippen LogP contribution in [0.3, 0.4) is 0 Å². The van der Waals surface area contributed by atoms with Gasteiger partial charge < -0.3 is 15.5 Å². The molecule has 158 valence electrons. The lowest BCUT2D eigenvalue weighted by Gasteiger charge is -2.27. The molecule has 7 nitrogen and oxygen atoms in total. The van der Waals surface area contributed by atoms with Crippen LogP contribution in [0.4, 0.5) is 23.3 Å². The fourth-order valence-corrected chi connectivity index (χ4v) is 3.79. The van der Waals surface area contributed by atoms with E-state index in [-0.39, 0.29) is 5.91 Å². The number of aromatic nitrogens is 3. The van der Waals surface area contributed by atoms with Crippen molar-refractivity contribution in [2.45, 2.75) is 20.3 Å². The molecule has 2 heterocycles. The molecule has 0 saturated heterocycles. The van der Waals surface area contributed by atoms with Crippen molar-refractivity contribution < 1.29 is 4.79 Å². The van der Waals surface area contributed by atoms with Gasteiger partial charge in [-0.2, -0.15) is 4.98 Å². The Balaban J connectivity index is 1.50. The SMILES string of the molecule is CC(=O)Nc1cccc(Nc2ncnc(N3CC=C(c4ccccc4Cl)CC3)n2)c1C. The first kappa shape index (κ1) is 20.8. The lowest BCUT2D eigenvalue weighted by Crippen LogP contribution is -2.30. The summed E-state index contributed by atoms with van der Waals surface area (Å²) in [4.78, 5) is 26.7. The zero-order valence-corrected chi connectivity index (χ0v) is 18.1. The average molecular weight is 435 g/mol. The molecule has 0 aliphatic carbocycles. The molecule has 1 amide bonds. The quantitative estimate of drug-likeness (QED) is 0.598. The molecular weight excluding hydrogens is 412 g/mol. The number of carbonyl (C=O) groups is 1. The van der Waals surface area contributed by atoms with Crippen LogP contribution in [0.15, 0.2) is 54.9 Å². The van der Waals surface area contributed by atoms with E-state index < -0.39 is 0 Å². The lowest BCUT2D eigenvalue weighted by molar-refractivity contribution is -0.114. The first-order chi connectivity index (χ1) is 15.0. The molecule has 0 radical (unpaired) electrons. The van der Waals surface area contributed by atoms with Crippen LogP contribution >= 0.6 is 11.6 Å². The topological polar surface area (TPSA) is 83.0 Å². The zero-order chi connectivity index (χ0) is 21.8. The van der Waals surface area contributed by atoms with E-state index in [9.17, 15) is 4.79 Å². The van der Waals surface area contributed by atoms with Crippen LogP contribution in [0.2, 0.25) is 5.02 Å². The van der Waals surface area contributed by atoms with Gasteiger partial charge >= 0.3 is 0 Å². The molecule has 0 bridgehead atoms. The Bertz CT molecular complexity index is 1150. The summed E-state index contributed by atoms with van der Waals surface area (Å²) < 4.78 is 0. The van der Waals surface area contributed by atoms with E-state index in [0.717, 1.165) is 40.5 Å². The van der Waals surface area contributed by atoms with Gasteiger partial charge in [0.05, 0.1) is 0 Å². The minimum Gasteiger partial charge on any atom is -0.337 e. The summed E-state index contributed by atoms with van der Waals surface area (Å²) in [6.07, 6.45) is 4.53. The van der Waals surface area contributed by atoms with Crippen LogP contribution < -0.4 is 15.5 Å². The maximum atomic E-state index is 11.4. The molecule has 3 aromatic rings. The fourth-order valence-electron chi connectivity index (χ4n) is 3.53.